The summed E-state index contributed by atoms with van der Waals surface area (Å²) in [4.78, 5) is 11.8. The summed E-state index contributed by atoms with van der Waals surface area (Å²) in [5, 5.41) is 11.4. The Morgan fingerprint density at radius 1 is 1.10 bits per heavy atom. The van der Waals surface area contributed by atoms with E-state index in [2.05, 4.69) is 17.4 Å². The highest BCUT2D eigenvalue weighted by atomic mass is 16.3. The molecule has 0 saturated carbocycles. The molecule has 0 aliphatic carbocycles. The standard InChI is InChI=1S/C16H18N2O2/c19-12-4-9-17-16(20)15-7-10-18(11-8-15)13-14-5-2-1-3-6-14/h1-3,5-8,10-11,19H,4,9,12-13H2/p+1. The topological polar surface area (TPSA) is 53.2 Å². The Bertz CT molecular complexity index is 538. The molecule has 4 nitrogen and oxygen atoms in total. The van der Waals surface area contributed by atoms with Crippen LogP contribution in [-0.2, 0) is 6.54 Å². The fourth-order valence-corrected chi connectivity index (χ4v) is 1.89. The van der Waals surface area contributed by atoms with Crippen LogP contribution >= 0.6 is 0 Å². The summed E-state index contributed by atoms with van der Waals surface area (Å²) in [6.45, 7) is 1.37. The number of aliphatic hydroxyl groups excluding tert-OH is 1. The van der Waals surface area contributed by atoms with Crippen LogP contribution in [0.1, 0.15) is 22.3 Å². The predicted octanol–water partition coefficient (Wildman–Crippen LogP) is 1.13. The number of carbonyl (C=O) groups is 1. The van der Waals surface area contributed by atoms with Crippen LogP contribution in [0.5, 0.6) is 0 Å². The van der Waals surface area contributed by atoms with Crippen molar-refractivity contribution in [3.8, 4) is 0 Å². The lowest BCUT2D eigenvalue weighted by molar-refractivity contribution is -0.688. The molecule has 1 aromatic heterocycles. The molecule has 4 heteroatoms. The third-order valence-electron chi connectivity index (χ3n) is 2.98. The van der Waals surface area contributed by atoms with Crippen molar-refractivity contribution in [1.82, 2.24) is 5.32 Å². The highest BCUT2D eigenvalue weighted by Crippen LogP contribution is 1.99. The average molecular weight is 271 g/mol. The van der Waals surface area contributed by atoms with Crippen molar-refractivity contribution in [3.63, 3.8) is 0 Å². The van der Waals surface area contributed by atoms with Crippen LogP contribution in [0.25, 0.3) is 0 Å². The van der Waals surface area contributed by atoms with E-state index in [9.17, 15) is 4.79 Å². The first-order valence-corrected chi connectivity index (χ1v) is 6.71. The summed E-state index contributed by atoms with van der Waals surface area (Å²) < 4.78 is 2.03. The molecule has 2 rings (SSSR count). The minimum atomic E-state index is -0.106. The largest absolute Gasteiger partial charge is 0.396 e. The smallest absolute Gasteiger partial charge is 0.251 e. The van der Waals surface area contributed by atoms with Gasteiger partial charge in [0.25, 0.3) is 5.91 Å². The average Bonchev–Trinajstić information content (AvgIpc) is 2.49. The van der Waals surface area contributed by atoms with E-state index >= 15 is 0 Å². The van der Waals surface area contributed by atoms with Gasteiger partial charge in [0.1, 0.15) is 0 Å². The third-order valence-corrected chi connectivity index (χ3v) is 2.98. The van der Waals surface area contributed by atoms with Gasteiger partial charge in [-0.2, -0.15) is 0 Å². The molecular weight excluding hydrogens is 252 g/mol. The van der Waals surface area contributed by atoms with Crippen LogP contribution in [0, 0.1) is 0 Å². The van der Waals surface area contributed by atoms with Gasteiger partial charge in [0.05, 0.1) is 5.56 Å². The lowest BCUT2D eigenvalue weighted by atomic mass is 10.2. The van der Waals surface area contributed by atoms with Gasteiger partial charge >= 0.3 is 0 Å². The lowest BCUT2D eigenvalue weighted by Crippen LogP contribution is -2.34. The number of aromatic nitrogens is 1. The first-order chi connectivity index (χ1) is 9.79. The number of nitrogens with zero attached hydrogens (tertiary/aromatic N) is 1. The minimum Gasteiger partial charge on any atom is -0.396 e. The van der Waals surface area contributed by atoms with Gasteiger partial charge in [-0.05, 0) is 6.42 Å². The molecule has 0 aliphatic rings. The zero-order valence-electron chi connectivity index (χ0n) is 11.3. The number of amides is 1. The molecule has 104 valence electrons. The zero-order valence-corrected chi connectivity index (χ0v) is 11.3. The van der Waals surface area contributed by atoms with Gasteiger partial charge < -0.3 is 10.4 Å². The Labute approximate surface area is 118 Å². The third kappa shape index (κ3) is 4.17. The van der Waals surface area contributed by atoms with E-state index in [-0.39, 0.29) is 12.5 Å². The molecule has 1 heterocycles. The normalized spacial score (nSPS) is 10.2. The number of aliphatic hydroxyl groups is 1. The van der Waals surface area contributed by atoms with Gasteiger partial charge in [0, 0.05) is 30.8 Å². The van der Waals surface area contributed by atoms with Crippen LogP contribution in [0.3, 0.4) is 0 Å². The van der Waals surface area contributed by atoms with Crippen LogP contribution in [-0.4, -0.2) is 24.2 Å². The second-order valence-electron chi connectivity index (χ2n) is 4.58. The van der Waals surface area contributed by atoms with Crippen molar-refractivity contribution < 1.29 is 14.5 Å². The van der Waals surface area contributed by atoms with Gasteiger partial charge in [-0.3, -0.25) is 4.79 Å². The Kier molecular flexibility index (Phi) is 5.26. The maximum Gasteiger partial charge on any atom is 0.251 e. The number of pyridine rings is 1. The second-order valence-corrected chi connectivity index (χ2v) is 4.58. The van der Waals surface area contributed by atoms with Gasteiger partial charge in [-0.25, -0.2) is 4.57 Å². The van der Waals surface area contributed by atoms with Crippen molar-refractivity contribution in [2.24, 2.45) is 0 Å². The fraction of sp³-hybridized carbons (Fsp3) is 0.250. The van der Waals surface area contributed by atoms with E-state index in [1.54, 1.807) is 12.1 Å². The summed E-state index contributed by atoms with van der Waals surface area (Å²) in [5.74, 6) is -0.106. The van der Waals surface area contributed by atoms with Crippen molar-refractivity contribution in [2.75, 3.05) is 13.2 Å². The molecule has 2 aromatic rings. The highest BCUT2D eigenvalue weighted by molar-refractivity contribution is 5.93. The van der Waals surface area contributed by atoms with Gasteiger partial charge in [0.2, 0.25) is 0 Å². The summed E-state index contributed by atoms with van der Waals surface area (Å²) in [6.07, 6.45) is 4.37. The molecule has 0 bridgehead atoms. The van der Waals surface area contributed by atoms with Crippen LogP contribution in [0.2, 0.25) is 0 Å². The first-order valence-electron chi connectivity index (χ1n) is 6.71. The summed E-state index contributed by atoms with van der Waals surface area (Å²) in [6, 6.07) is 13.8. The number of benzene rings is 1. The molecule has 0 radical (unpaired) electrons. The molecule has 0 fully saturated rings. The number of hydrogen-bond donors (Lipinski definition) is 2. The number of hydrogen-bond acceptors (Lipinski definition) is 2. The van der Waals surface area contributed by atoms with Crippen LogP contribution in [0.15, 0.2) is 54.9 Å². The maximum atomic E-state index is 11.8. The summed E-state index contributed by atoms with van der Waals surface area (Å²) >= 11 is 0. The molecule has 0 saturated heterocycles. The Balaban J connectivity index is 1.94. The maximum absolute atomic E-state index is 11.8. The minimum absolute atomic E-state index is 0.0894. The Morgan fingerprint density at radius 3 is 2.45 bits per heavy atom. The SMILES string of the molecule is O=C(NCCCO)c1cc[n+](Cc2ccccc2)cc1. The molecule has 1 amide bonds. The number of carbonyl (C=O) groups excluding carboxylic acids is 1. The van der Waals surface area contributed by atoms with Gasteiger partial charge in [0.15, 0.2) is 18.9 Å². The first kappa shape index (κ1) is 14.2. The zero-order chi connectivity index (χ0) is 14.2. The molecule has 0 aliphatic heterocycles. The second kappa shape index (κ2) is 7.40. The molecule has 0 atom stereocenters. The van der Waals surface area contributed by atoms with E-state index < -0.39 is 0 Å². The van der Waals surface area contributed by atoms with E-state index in [1.165, 1.54) is 5.56 Å². The fourth-order valence-electron chi connectivity index (χ4n) is 1.89. The predicted molar refractivity (Wildman–Crippen MR) is 76.2 cm³/mol. The number of nitrogens with one attached hydrogen (secondary N) is 1. The molecular formula is C16H19N2O2+. The summed E-state index contributed by atoms with van der Waals surface area (Å²) in [7, 11) is 0. The molecule has 2 N–H and O–H groups in total. The van der Waals surface area contributed by atoms with Gasteiger partial charge in [-0.1, -0.05) is 30.3 Å². The van der Waals surface area contributed by atoms with E-state index in [0.717, 1.165) is 6.54 Å². The van der Waals surface area contributed by atoms with E-state index in [4.69, 9.17) is 5.11 Å². The molecule has 20 heavy (non-hydrogen) atoms. The van der Waals surface area contributed by atoms with E-state index in [0.29, 0.717) is 18.5 Å². The van der Waals surface area contributed by atoms with Gasteiger partial charge in [-0.15, -0.1) is 0 Å². The Hall–Kier alpha value is -2.20. The summed E-state index contributed by atoms with van der Waals surface area (Å²) in [5.41, 5.74) is 1.85. The van der Waals surface area contributed by atoms with Crippen molar-refractivity contribution in [3.05, 3.63) is 66.0 Å². The molecule has 0 unspecified atom stereocenters. The highest BCUT2D eigenvalue weighted by Gasteiger charge is 2.08. The molecule has 1 aromatic carbocycles. The van der Waals surface area contributed by atoms with Crippen molar-refractivity contribution in [1.29, 1.82) is 0 Å². The Morgan fingerprint density at radius 2 is 1.80 bits per heavy atom. The van der Waals surface area contributed by atoms with Crippen molar-refractivity contribution >= 4 is 5.91 Å². The molecule has 0 spiro atoms. The lowest BCUT2D eigenvalue weighted by Gasteiger charge is -2.03. The van der Waals surface area contributed by atoms with E-state index in [1.807, 2.05) is 35.2 Å². The number of rotatable bonds is 6. The van der Waals surface area contributed by atoms with Crippen LogP contribution < -0.4 is 9.88 Å². The van der Waals surface area contributed by atoms with Crippen molar-refractivity contribution in [2.45, 2.75) is 13.0 Å². The monoisotopic (exact) mass is 271 g/mol. The quantitative estimate of drug-likeness (QED) is 0.611. The van der Waals surface area contributed by atoms with Crippen LogP contribution in [0.4, 0.5) is 0 Å².